The maximum atomic E-state index is 5.39. The largest absolute Gasteiger partial charge is 0.495 e. The number of ether oxygens (including phenoxy) is 1. The lowest BCUT2D eigenvalue weighted by Crippen LogP contribution is -2.35. The molecule has 0 bridgehead atoms. The highest BCUT2D eigenvalue weighted by molar-refractivity contribution is 5.59. The fraction of sp³-hybridized carbons (Fsp3) is 0.500. The summed E-state index contributed by atoms with van der Waals surface area (Å²) in [5, 5.41) is 0. The Kier molecular flexibility index (Phi) is 4.58. The minimum absolute atomic E-state index is 0.501. The summed E-state index contributed by atoms with van der Waals surface area (Å²) in [6, 6.07) is 6.26. The molecule has 3 N–H and O–H groups in total. The third kappa shape index (κ3) is 2.87. The number of hydrogen-bond donors (Lipinski definition) is 2. The van der Waals surface area contributed by atoms with E-state index in [4.69, 9.17) is 10.6 Å². The van der Waals surface area contributed by atoms with Gasteiger partial charge in [-0.15, -0.1) is 0 Å². The Labute approximate surface area is 97.4 Å². The highest BCUT2D eigenvalue weighted by Crippen LogP contribution is 2.30. The van der Waals surface area contributed by atoms with Crippen LogP contribution in [0.15, 0.2) is 18.2 Å². The van der Waals surface area contributed by atoms with Gasteiger partial charge in [-0.2, -0.15) is 0 Å². The fourth-order valence-corrected chi connectivity index (χ4v) is 1.59. The minimum atomic E-state index is 0.501. The molecular formula is C12H21N3O. The lowest BCUT2D eigenvalue weighted by Gasteiger charge is -2.22. The zero-order valence-electron chi connectivity index (χ0n) is 10.4. The van der Waals surface area contributed by atoms with Crippen LogP contribution < -0.4 is 20.9 Å². The second kappa shape index (κ2) is 5.72. The zero-order valence-corrected chi connectivity index (χ0v) is 10.4. The van der Waals surface area contributed by atoms with Gasteiger partial charge in [0.1, 0.15) is 5.75 Å². The molecule has 4 nitrogen and oxygen atoms in total. The van der Waals surface area contributed by atoms with Crippen LogP contribution in [0.25, 0.3) is 0 Å². The first kappa shape index (κ1) is 12.8. The van der Waals surface area contributed by atoms with Gasteiger partial charge in [0.15, 0.2) is 0 Å². The number of methoxy groups -OCH3 is 1. The van der Waals surface area contributed by atoms with Crippen LogP contribution in [-0.4, -0.2) is 20.8 Å². The summed E-state index contributed by atoms with van der Waals surface area (Å²) in [6.45, 7) is 4.91. The van der Waals surface area contributed by atoms with Crippen molar-refractivity contribution in [3.05, 3.63) is 23.8 Å². The second-order valence-electron chi connectivity index (χ2n) is 4.15. The van der Waals surface area contributed by atoms with Gasteiger partial charge in [-0.3, -0.25) is 5.84 Å². The molecular weight excluding hydrogens is 202 g/mol. The number of hydrogen-bond acceptors (Lipinski definition) is 4. The van der Waals surface area contributed by atoms with Gasteiger partial charge in [-0.1, -0.05) is 19.9 Å². The van der Waals surface area contributed by atoms with Crippen LogP contribution in [0.3, 0.4) is 0 Å². The molecule has 0 saturated carbocycles. The van der Waals surface area contributed by atoms with Gasteiger partial charge < -0.3 is 9.64 Å². The van der Waals surface area contributed by atoms with Crippen LogP contribution in [0.2, 0.25) is 0 Å². The lowest BCUT2D eigenvalue weighted by molar-refractivity contribution is 0.413. The van der Waals surface area contributed by atoms with Gasteiger partial charge >= 0.3 is 0 Å². The summed E-state index contributed by atoms with van der Waals surface area (Å²) in [4.78, 5) is 2.00. The Morgan fingerprint density at radius 1 is 1.44 bits per heavy atom. The third-order valence-electron chi connectivity index (χ3n) is 2.61. The maximum absolute atomic E-state index is 5.39. The van der Waals surface area contributed by atoms with Crippen molar-refractivity contribution in [2.75, 3.05) is 25.7 Å². The van der Waals surface area contributed by atoms with E-state index in [1.807, 2.05) is 11.9 Å². The quantitative estimate of drug-likeness (QED) is 0.453. The molecule has 1 rings (SSSR count). The second-order valence-corrected chi connectivity index (χ2v) is 4.15. The molecule has 1 aromatic rings. The Balaban J connectivity index is 3.01. The SMILES string of the molecule is COc1cc(C(C)C)ccc1N(C)CNN. The topological polar surface area (TPSA) is 50.5 Å². The van der Waals surface area contributed by atoms with E-state index < -0.39 is 0 Å². The lowest BCUT2D eigenvalue weighted by atomic mass is 10.0. The van der Waals surface area contributed by atoms with E-state index in [9.17, 15) is 0 Å². The van der Waals surface area contributed by atoms with Crippen LogP contribution in [-0.2, 0) is 0 Å². The Bertz CT molecular complexity index is 339. The number of nitrogens with zero attached hydrogens (tertiary/aromatic N) is 1. The molecule has 0 aliphatic carbocycles. The van der Waals surface area contributed by atoms with E-state index in [0.717, 1.165) is 11.4 Å². The molecule has 0 aromatic heterocycles. The standard InChI is InChI=1S/C12H21N3O/c1-9(2)10-5-6-11(12(7-10)16-4)15(3)8-14-13/h5-7,9,14H,8,13H2,1-4H3. The zero-order chi connectivity index (χ0) is 12.1. The van der Waals surface area contributed by atoms with Gasteiger partial charge in [0, 0.05) is 7.05 Å². The average molecular weight is 223 g/mol. The van der Waals surface area contributed by atoms with Gasteiger partial charge in [0.2, 0.25) is 0 Å². The van der Waals surface area contributed by atoms with Crippen LogP contribution in [0, 0.1) is 0 Å². The van der Waals surface area contributed by atoms with Gasteiger partial charge in [0.25, 0.3) is 0 Å². The number of nitrogens with two attached hydrogens (primary N) is 1. The van der Waals surface area contributed by atoms with Crippen LogP contribution in [0.1, 0.15) is 25.3 Å². The van der Waals surface area contributed by atoms with Gasteiger partial charge in [-0.05, 0) is 23.6 Å². The summed E-state index contributed by atoms with van der Waals surface area (Å²) in [7, 11) is 3.65. The maximum Gasteiger partial charge on any atom is 0.142 e. The molecule has 0 radical (unpaired) electrons. The van der Waals surface area contributed by atoms with Crippen molar-refractivity contribution >= 4 is 5.69 Å². The summed E-state index contributed by atoms with van der Waals surface area (Å²) in [6.07, 6.45) is 0. The van der Waals surface area contributed by atoms with Crippen molar-refractivity contribution < 1.29 is 4.74 Å². The normalized spacial score (nSPS) is 10.6. The smallest absolute Gasteiger partial charge is 0.142 e. The molecule has 0 heterocycles. The van der Waals surface area contributed by atoms with Crippen LogP contribution in [0.5, 0.6) is 5.75 Å². The molecule has 0 atom stereocenters. The Morgan fingerprint density at radius 3 is 2.62 bits per heavy atom. The Morgan fingerprint density at radius 2 is 2.12 bits per heavy atom. The predicted octanol–water partition coefficient (Wildman–Crippen LogP) is 1.68. The Hall–Kier alpha value is -1.26. The molecule has 4 heteroatoms. The molecule has 90 valence electrons. The van der Waals surface area contributed by atoms with Crippen molar-refractivity contribution in [2.24, 2.45) is 5.84 Å². The molecule has 0 fully saturated rings. The first-order valence-corrected chi connectivity index (χ1v) is 5.42. The highest BCUT2D eigenvalue weighted by atomic mass is 16.5. The summed E-state index contributed by atoms with van der Waals surface area (Å²) in [5.41, 5.74) is 4.93. The molecule has 0 aliphatic rings. The molecule has 16 heavy (non-hydrogen) atoms. The van der Waals surface area contributed by atoms with E-state index in [1.165, 1.54) is 5.56 Å². The van der Waals surface area contributed by atoms with E-state index in [0.29, 0.717) is 12.6 Å². The van der Waals surface area contributed by atoms with E-state index in [1.54, 1.807) is 7.11 Å². The van der Waals surface area contributed by atoms with E-state index in [2.05, 4.69) is 37.5 Å². The molecule has 0 amide bonds. The van der Waals surface area contributed by atoms with E-state index >= 15 is 0 Å². The summed E-state index contributed by atoms with van der Waals surface area (Å²) in [5.74, 6) is 6.68. The first-order valence-electron chi connectivity index (χ1n) is 5.42. The van der Waals surface area contributed by atoms with Crippen molar-refractivity contribution in [1.29, 1.82) is 0 Å². The highest BCUT2D eigenvalue weighted by Gasteiger charge is 2.09. The fourth-order valence-electron chi connectivity index (χ4n) is 1.59. The number of rotatable bonds is 5. The predicted molar refractivity (Wildman–Crippen MR) is 67.7 cm³/mol. The van der Waals surface area contributed by atoms with Gasteiger partial charge in [-0.25, -0.2) is 5.43 Å². The van der Waals surface area contributed by atoms with Crippen molar-refractivity contribution in [3.63, 3.8) is 0 Å². The van der Waals surface area contributed by atoms with E-state index in [-0.39, 0.29) is 0 Å². The van der Waals surface area contributed by atoms with Crippen molar-refractivity contribution in [3.8, 4) is 5.75 Å². The van der Waals surface area contributed by atoms with Crippen molar-refractivity contribution in [1.82, 2.24) is 5.43 Å². The molecule has 0 aliphatic heterocycles. The van der Waals surface area contributed by atoms with Crippen LogP contribution in [0.4, 0.5) is 5.69 Å². The summed E-state index contributed by atoms with van der Waals surface area (Å²) < 4.78 is 5.39. The number of nitrogens with one attached hydrogen (secondary N) is 1. The number of hydrazine groups is 1. The van der Waals surface area contributed by atoms with Crippen molar-refractivity contribution in [2.45, 2.75) is 19.8 Å². The number of anilines is 1. The summed E-state index contributed by atoms with van der Waals surface area (Å²) >= 11 is 0. The molecule has 0 spiro atoms. The molecule has 0 saturated heterocycles. The van der Waals surface area contributed by atoms with Crippen LogP contribution >= 0.6 is 0 Å². The monoisotopic (exact) mass is 223 g/mol. The minimum Gasteiger partial charge on any atom is -0.495 e. The van der Waals surface area contributed by atoms with Gasteiger partial charge in [0.05, 0.1) is 19.5 Å². The first-order chi connectivity index (χ1) is 7.60. The molecule has 0 unspecified atom stereocenters. The third-order valence-corrected chi connectivity index (χ3v) is 2.61. The average Bonchev–Trinajstić information content (AvgIpc) is 2.28. The molecule has 1 aromatic carbocycles. The number of benzene rings is 1.